The molecule has 1 heterocycles. The number of hydrogen-bond acceptors (Lipinski definition) is 2. The molecule has 0 aliphatic heterocycles. The molecule has 1 aliphatic carbocycles. The zero-order valence-corrected chi connectivity index (χ0v) is 8.29. The smallest absolute Gasteiger partial charge is 0.139 e. The summed E-state index contributed by atoms with van der Waals surface area (Å²) in [6, 6.07) is 4.75. The molecule has 3 heteroatoms. The second kappa shape index (κ2) is 2.83. The molecule has 2 N–H and O–H groups in total. The van der Waals surface area contributed by atoms with Gasteiger partial charge >= 0.3 is 0 Å². The van der Waals surface area contributed by atoms with E-state index < -0.39 is 0 Å². The Balaban J connectivity index is 2.28. The van der Waals surface area contributed by atoms with Crippen LogP contribution in [0.25, 0.3) is 11.0 Å². The van der Waals surface area contributed by atoms with Crippen molar-refractivity contribution in [3.05, 3.63) is 35.8 Å². The lowest BCUT2D eigenvalue weighted by Gasteiger charge is -2.38. The van der Waals surface area contributed by atoms with Crippen LogP contribution in [0.1, 0.15) is 24.8 Å². The summed E-state index contributed by atoms with van der Waals surface area (Å²) in [7, 11) is 0. The number of halogens is 1. The van der Waals surface area contributed by atoms with Gasteiger partial charge in [0, 0.05) is 16.5 Å². The molecule has 0 atom stereocenters. The Bertz CT molecular complexity index is 513. The van der Waals surface area contributed by atoms with Crippen LogP contribution in [0, 0.1) is 5.82 Å². The van der Waals surface area contributed by atoms with Gasteiger partial charge in [-0.1, -0.05) is 0 Å². The third kappa shape index (κ3) is 1.20. The van der Waals surface area contributed by atoms with Gasteiger partial charge in [0.1, 0.15) is 11.4 Å². The molecule has 2 aromatic rings. The first kappa shape index (κ1) is 8.92. The molecule has 0 unspecified atom stereocenters. The van der Waals surface area contributed by atoms with Gasteiger partial charge in [0.05, 0.1) is 6.26 Å². The molecular formula is C12H12FNO. The maximum Gasteiger partial charge on any atom is 0.139 e. The first-order valence-electron chi connectivity index (χ1n) is 5.15. The van der Waals surface area contributed by atoms with Gasteiger partial charge in [0.2, 0.25) is 0 Å². The molecule has 1 fully saturated rings. The van der Waals surface area contributed by atoms with Crippen LogP contribution in [-0.4, -0.2) is 0 Å². The zero-order valence-electron chi connectivity index (χ0n) is 8.29. The first-order valence-corrected chi connectivity index (χ1v) is 5.15. The SMILES string of the molecule is NC1(c2cc(F)cc3ccoc23)CCC1. The number of fused-ring (bicyclic) bond motifs is 1. The largest absolute Gasteiger partial charge is 0.464 e. The molecule has 1 saturated carbocycles. The summed E-state index contributed by atoms with van der Waals surface area (Å²) in [6.07, 6.45) is 4.50. The molecule has 1 aliphatic rings. The average Bonchev–Trinajstić information content (AvgIpc) is 2.60. The maximum absolute atomic E-state index is 13.4. The highest BCUT2D eigenvalue weighted by Crippen LogP contribution is 2.42. The van der Waals surface area contributed by atoms with Gasteiger partial charge in [0.15, 0.2) is 0 Å². The second-order valence-electron chi connectivity index (χ2n) is 4.30. The van der Waals surface area contributed by atoms with Crippen LogP contribution in [0.3, 0.4) is 0 Å². The normalized spacial score (nSPS) is 19.1. The van der Waals surface area contributed by atoms with Crippen LogP contribution in [0.15, 0.2) is 28.9 Å². The third-order valence-electron chi connectivity index (χ3n) is 3.30. The van der Waals surface area contributed by atoms with Gasteiger partial charge in [-0.3, -0.25) is 0 Å². The van der Waals surface area contributed by atoms with Crippen molar-refractivity contribution in [1.29, 1.82) is 0 Å². The number of nitrogens with two attached hydrogens (primary N) is 1. The van der Waals surface area contributed by atoms with E-state index in [0.29, 0.717) is 0 Å². The van der Waals surface area contributed by atoms with Gasteiger partial charge in [-0.25, -0.2) is 4.39 Å². The van der Waals surface area contributed by atoms with E-state index in [1.54, 1.807) is 12.3 Å². The lowest BCUT2D eigenvalue weighted by molar-refractivity contribution is 0.253. The summed E-state index contributed by atoms with van der Waals surface area (Å²) < 4.78 is 18.7. The van der Waals surface area contributed by atoms with E-state index in [4.69, 9.17) is 10.2 Å². The van der Waals surface area contributed by atoms with Crippen molar-refractivity contribution in [3.8, 4) is 0 Å². The number of furan rings is 1. The first-order chi connectivity index (χ1) is 7.19. The Morgan fingerprint density at radius 3 is 2.80 bits per heavy atom. The molecular weight excluding hydrogens is 193 g/mol. The Morgan fingerprint density at radius 1 is 1.33 bits per heavy atom. The molecule has 0 amide bonds. The molecule has 1 aromatic carbocycles. The Hall–Kier alpha value is -1.35. The van der Waals surface area contributed by atoms with Crippen LogP contribution in [-0.2, 0) is 5.54 Å². The fraction of sp³-hybridized carbons (Fsp3) is 0.333. The summed E-state index contributed by atoms with van der Waals surface area (Å²) in [4.78, 5) is 0. The fourth-order valence-electron chi connectivity index (χ4n) is 2.24. The number of benzene rings is 1. The van der Waals surface area contributed by atoms with Crippen molar-refractivity contribution in [2.75, 3.05) is 0 Å². The molecule has 3 rings (SSSR count). The summed E-state index contributed by atoms with van der Waals surface area (Å²) in [5.41, 5.74) is 7.36. The predicted octanol–water partition coefficient (Wildman–Crippen LogP) is 2.91. The molecule has 0 saturated heterocycles. The lowest BCUT2D eigenvalue weighted by Crippen LogP contribution is -2.43. The summed E-state index contributed by atoms with van der Waals surface area (Å²) >= 11 is 0. The number of hydrogen-bond donors (Lipinski definition) is 1. The molecule has 78 valence electrons. The minimum Gasteiger partial charge on any atom is -0.464 e. The van der Waals surface area contributed by atoms with E-state index in [2.05, 4.69) is 0 Å². The van der Waals surface area contributed by atoms with Gasteiger partial charge in [0.25, 0.3) is 0 Å². The number of rotatable bonds is 1. The summed E-state index contributed by atoms with van der Waals surface area (Å²) in [5, 5.41) is 0.793. The minimum atomic E-state index is -0.377. The van der Waals surface area contributed by atoms with E-state index in [1.807, 2.05) is 0 Å². The van der Waals surface area contributed by atoms with Crippen molar-refractivity contribution < 1.29 is 8.81 Å². The van der Waals surface area contributed by atoms with Crippen LogP contribution < -0.4 is 5.73 Å². The molecule has 0 spiro atoms. The maximum atomic E-state index is 13.4. The highest BCUT2D eigenvalue weighted by Gasteiger charge is 2.36. The van der Waals surface area contributed by atoms with Crippen LogP contribution in [0.4, 0.5) is 4.39 Å². The summed E-state index contributed by atoms with van der Waals surface area (Å²) in [5.74, 6) is -0.240. The van der Waals surface area contributed by atoms with Crippen molar-refractivity contribution in [3.63, 3.8) is 0 Å². The minimum absolute atomic E-state index is 0.240. The quantitative estimate of drug-likeness (QED) is 0.777. The van der Waals surface area contributed by atoms with Crippen LogP contribution in [0.2, 0.25) is 0 Å². The van der Waals surface area contributed by atoms with E-state index in [1.165, 1.54) is 12.1 Å². The van der Waals surface area contributed by atoms with E-state index in [0.717, 1.165) is 35.8 Å². The molecule has 0 radical (unpaired) electrons. The molecule has 0 bridgehead atoms. The fourth-order valence-corrected chi connectivity index (χ4v) is 2.24. The van der Waals surface area contributed by atoms with E-state index in [9.17, 15) is 4.39 Å². The zero-order chi connectivity index (χ0) is 10.5. The Kier molecular flexibility index (Phi) is 1.68. The van der Waals surface area contributed by atoms with Gasteiger partial charge in [-0.15, -0.1) is 0 Å². The molecule has 1 aromatic heterocycles. The standard InChI is InChI=1S/C12H12FNO/c13-9-6-8-2-5-15-11(8)10(7-9)12(14)3-1-4-12/h2,5-7H,1,3-4,14H2. The van der Waals surface area contributed by atoms with E-state index in [-0.39, 0.29) is 11.4 Å². The molecule has 15 heavy (non-hydrogen) atoms. The van der Waals surface area contributed by atoms with Gasteiger partial charge in [-0.2, -0.15) is 0 Å². The van der Waals surface area contributed by atoms with Crippen LogP contribution in [0.5, 0.6) is 0 Å². The van der Waals surface area contributed by atoms with Gasteiger partial charge in [-0.05, 0) is 37.5 Å². The highest BCUT2D eigenvalue weighted by atomic mass is 19.1. The Morgan fingerprint density at radius 2 is 2.13 bits per heavy atom. The third-order valence-corrected chi connectivity index (χ3v) is 3.30. The van der Waals surface area contributed by atoms with Crippen LogP contribution >= 0.6 is 0 Å². The monoisotopic (exact) mass is 205 g/mol. The lowest BCUT2D eigenvalue weighted by atomic mass is 9.72. The average molecular weight is 205 g/mol. The van der Waals surface area contributed by atoms with Crippen molar-refractivity contribution in [1.82, 2.24) is 0 Å². The summed E-state index contributed by atoms with van der Waals surface area (Å²) in [6.45, 7) is 0. The van der Waals surface area contributed by atoms with Crippen molar-refractivity contribution in [2.24, 2.45) is 5.73 Å². The second-order valence-corrected chi connectivity index (χ2v) is 4.30. The van der Waals surface area contributed by atoms with E-state index >= 15 is 0 Å². The molecule has 2 nitrogen and oxygen atoms in total. The van der Waals surface area contributed by atoms with Crippen molar-refractivity contribution >= 4 is 11.0 Å². The van der Waals surface area contributed by atoms with Crippen molar-refractivity contribution in [2.45, 2.75) is 24.8 Å². The topological polar surface area (TPSA) is 39.2 Å². The highest BCUT2D eigenvalue weighted by molar-refractivity contribution is 5.81. The predicted molar refractivity (Wildman–Crippen MR) is 55.9 cm³/mol. The van der Waals surface area contributed by atoms with Gasteiger partial charge < -0.3 is 10.2 Å². The Labute approximate surface area is 86.9 Å².